The molecular formula is C20H18F4N6O2S. The van der Waals surface area contributed by atoms with E-state index < -0.39 is 52.6 Å². The Morgan fingerprint density at radius 1 is 1.06 bits per heavy atom. The number of nitrogens with one attached hydrogen (secondary N) is 2. The lowest BCUT2D eigenvalue weighted by Gasteiger charge is -2.12. The Morgan fingerprint density at radius 3 is 2.52 bits per heavy atom. The van der Waals surface area contributed by atoms with Crippen molar-refractivity contribution in [2.24, 2.45) is 0 Å². The lowest BCUT2D eigenvalue weighted by Crippen LogP contribution is -2.37. The van der Waals surface area contributed by atoms with Crippen LogP contribution in [0.1, 0.15) is 18.3 Å². The molecule has 0 unspecified atom stereocenters. The summed E-state index contributed by atoms with van der Waals surface area (Å²) in [6, 6.07) is 7.65. The molecule has 0 saturated heterocycles. The van der Waals surface area contributed by atoms with Crippen LogP contribution in [0.3, 0.4) is 0 Å². The van der Waals surface area contributed by atoms with Crippen molar-refractivity contribution >= 4 is 29.3 Å². The van der Waals surface area contributed by atoms with Crippen molar-refractivity contribution in [3.05, 3.63) is 71.1 Å². The summed E-state index contributed by atoms with van der Waals surface area (Å²) in [7, 11) is 0. The van der Waals surface area contributed by atoms with Crippen molar-refractivity contribution in [1.82, 2.24) is 20.2 Å². The summed E-state index contributed by atoms with van der Waals surface area (Å²) in [5, 5.41) is 11.6. The highest BCUT2D eigenvalue weighted by Gasteiger charge is 2.21. The van der Waals surface area contributed by atoms with Gasteiger partial charge in [-0.25, -0.2) is 22.2 Å². The number of thioether (sulfide) groups is 1. The van der Waals surface area contributed by atoms with Gasteiger partial charge in [0.25, 0.3) is 0 Å². The maximum absolute atomic E-state index is 13.8. The smallest absolute Gasteiger partial charge is 0.243 e. The molecule has 0 aliphatic rings. The summed E-state index contributed by atoms with van der Waals surface area (Å²) < 4.78 is 54.8. The lowest BCUT2D eigenvalue weighted by atomic mass is 10.1. The Morgan fingerprint density at radius 2 is 1.79 bits per heavy atom. The number of nitrogens with two attached hydrogens (primary N) is 1. The molecule has 3 aromatic rings. The fourth-order valence-corrected chi connectivity index (χ4v) is 3.47. The highest BCUT2D eigenvalue weighted by Crippen LogP contribution is 2.22. The van der Waals surface area contributed by atoms with Crippen molar-refractivity contribution < 1.29 is 27.2 Å². The number of amides is 2. The van der Waals surface area contributed by atoms with Gasteiger partial charge in [-0.3, -0.25) is 9.59 Å². The predicted molar refractivity (Wildman–Crippen MR) is 113 cm³/mol. The molecular weight excluding hydrogens is 464 g/mol. The van der Waals surface area contributed by atoms with Gasteiger partial charge in [0.2, 0.25) is 17.0 Å². The van der Waals surface area contributed by atoms with E-state index in [0.29, 0.717) is 11.6 Å². The van der Waals surface area contributed by atoms with Crippen molar-refractivity contribution in [2.45, 2.75) is 23.8 Å². The molecule has 3 rings (SSSR count). The lowest BCUT2D eigenvalue weighted by molar-refractivity contribution is -0.123. The molecule has 1 atom stereocenters. The second-order valence-corrected chi connectivity index (χ2v) is 8.09. The number of hydrogen-bond donors (Lipinski definition) is 3. The average Bonchev–Trinajstić information content (AvgIpc) is 3.13. The van der Waals surface area contributed by atoms with Gasteiger partial charge < -0.3 is 16.5 Å². The van der Waals surface area contributed by atoms with Gasteiger partial charge in [-0.15, -0.1) is 10.2 Å². The molecule has 0 fully saturated rings. The molecule has 33 heavy (non-hydrogen) atoms. The number of hydrogen-bond acceptors (Lipinski definition) is 6. The quantitative estimate of drug-likeness (QED) is 0.197. The standard InChI is InChI=1S/C20H18F4N6O2S/c1-10(19(32)26-9-16(31)27-14-7-6-13(22)17(23)18(14)24)33-20-29-28-15(30(20)25)8-11-4-2-3-5-12(11)21/h2-7,10H,8-9,25H2,1H3,(H,26,32)(H,27,31)/t10-/m1/s1. The third-order valence-corrected chi connectivity index (χ3v) is 5.48. The Labute approximate surface area is 189 Å². The molecule has 174 valence electrons. The van der Waals surface area contributed by atoms with Crippen molar-refractivity contribution in [3.63, 3.8) is 0 Å². The molecule has 0 aliphatic carbocycles. The van der Waals surface area contributed by atoms with Crippen molar-refractivity contribution in [2.75, 3.05) is 17.7 Å². The highest BCUT2D eigenvalue weighted by atomic mass is 32.2. The fraction of sp³-hybridized carbons (Fsp3) is 0.200. The van der Waals surface area contributed by atoms with E-state index >= 15 is 0 Å². The minimum Gasteiger partial charge on any atom is -0.346 e. The normalized spacial score (nSPS) is 11.8. The SMILES string of the molecule is C[C@@H](Sc1nnc(Cc2ccccc2F)n1N)C(=O)NCC(=O)Nc1ccc(F)c(F)c1F. The topological polar surface area (TPSA) is 115 Å². The van der Waals surface area contributed by atoms with Gasteiger partial charge in [-0.1, -0.05) is 30.0 Å². The number of nitrogens with zero attached hydrogens (tertiary/aromatic N) is 3. The third-order valence-electron chi connectivity index (χ3n) is 4.43. The predicted octanol–water partition coefficient (Wildman–Crippen LogP) is 2.37. The van der Waals surface area contributed by atoms with Gasteiger partial charge in [0.15, 0.2) is 23.3 Å². The first-order chi connectivity index (χ1) is 15.7. The number of nitrogen functional groups attached to an aromatic ring is 1. The third kappa shape index (κ3) is 5.80. The van der Waals surface area contributed by atoms with Crippen LogP contribution >= 0.6 is 11.8 Å². The summed E-state index contributed by atoms with van der Waals surface area (Å²) in [6.45, 7) is 0.980. The number of halogens is 4. The van der Waals surface area contributed by atoms with Gasteiger partial charge in [0.1, 0.15) is 5.82 Å². The molecule has 2 aromatic carbocycles. The van der Waals surface area contributed by atoms with E-state index in [2.05, 4.69) is 15.5 Å². The zero-order valence-corrected chi connectivity index (χ0v) is 17.9. The number of benzene rings is 2. The summed E-state index contributed by atoms with van der Waals surface area (Å²) >= 11 is 0.951. The maximum Gasteiger partial charge on any atom is 0.243 e. The monoisotopic (exact) mass is 482 g/mol. The minimum atomic E-state index is -1.72. The average molecular weight is 482 g/mol. The zero-order valence-electron chi connectivity index (χ0n) is 17.1. The van der Waals surface area contributed by atoms with E-state index in [-0.39, 0.29) is 17.4 Å². The largest absolute Gasteiger partial charge is 0.346 e. The van der Waals surface area contributed by atoms with Crippen LogP contribution in [0.15, 0.2) is 41.6 Å². The molecule has 0 radical (unpaired) electrons. The summed E-state index contributed by atoms with van der Waals surface area (Å²) in [6.07, 6.45) is 0.0953. The van der Waals surface area contributed by atoms with Gasteiger partial charge in [-0.05, 0) is 30.7 Å². The summed E-state index contributed by atoms with van der Waals surface area (Å²) in [5.74, 6) is -0.258. The van der Waals surface area contributed by atoms with Gasteiger partial charge in [-0.2, -0.15) is 0 Å². The minimum absolute atomic E-state index is 0.0953. The van der Waals surface area contributed by atoms with Crippen molar-refractivity contribution in [1.29, 1.82) is 0 Å². The Bertz CT molecular complexity index is 1190. The molecule has 1 heterocycles. The molecule has 1 aromatic heterocycles. The summed E-state index contributed by atoms with van der Waals surface area (Å²) in [4.78, 5) is 24.2. The number of anilines is 1. The van der Waals surface area contributed by atoms with Crippen LogP contribution in [-0.2, 0) is 16.0 Å². The number of rotatable bonds is 8. The Hall–Kier alpha value is -3.61. The maximum atomic E-state index is 13.8. The van der Waals surface area contributed by atoms with Crippen LogP contribution < -0.4 is 16.5 Å². The highest BCUT2D eigenvalue weighted by molar-refractivity contribution is 8.00. The zero-order chi connectivity index (χ0) is 24.1. The number of aromatic nitrogens is 3. The van der Waals surface area contributed by atoms with Crippen LogP contribution in [-0.4, -0.2) is 38.5 Å². The van der Waals surface area contributed by atoms with E-state index in [4.69, 9.17) is 5.84 Å². The molecule has 0 saturated carbocycles. The molecule has 8 nitrogen and oxygen atoms in total. The van der Waals surface area contributed by atoms with Gasteiger partial charge in [0, 0.05) is 6.42 Å². The second kappa shape index (κ2) is 10.3. The van der Waals surface area contributed by atoms with Gasteiger partial charge in [0.05, 0.1) is 17.5 Å². The molecule has 13 heteroatoms. The molecule has 2 amide bonds. The molecule has 0 spiro atoms. The number of carbonyl (C=O) groups is 2. The van der Waals surface area contributed by atoms with E-state index in [1.165, 1.54) is 13.0 Å². The van der Waals surface area contributed by atoms with Crippen LogP contribution in [0.4, 0.5) is 23.2 Å². The molecule has 0 bridgehead atoms. The molecule has 4 N–H and O–H groups in total. The Balaban J connectivity index is 1.54. The second-order valence-electron chi connectivity index (χ2n) is 6.79. The fourth-order valence-electron chi connectivity index (χ4n) is 2.66. The number of carbonyl (C=O) groups excluding carboxylic acids is 2. The van der Waals surface area contributed by atoms with Crippen LogP contribution in [0.5, 0.6) is 0 Å². The van der Waals surface area contributed by atoms with Crippen LogP contribution in [0, 0.1) is 23.3 Å². The van der Waals surface area contributed by atoms with E-state index in [1.807, 2.05) is 5.32 Å². The summed E-state index contributed by atoms with van der Waals surface area (Å²) in [5.41, 5.74) is -0.184. The first-order valence-corrected chi connectivity index (χ1v) is 10.4. The Kier molecular flexibility index (Phi) is 7.53. The first-order valence-electron chi connectivity index (χ1n) is 9.47. The van der Waals surface area contributed by atoms with E-state index in [9.17, 15) is 27.2 Å². The molecule has 0 aliphatic heterocycles. The van der Waals surface area contributed by atoms with E-state index in [1.54, 1.807) is 18.2 Å². The van der Waals surface area contributed by atoms with Crippen LogP contribution in [0.25, 0.3) is 0 Å². The first kappa shape index (κ1) is 24.0. The van der Waals surface area contributed by atoms with Crippen molar-refractivity contribution in [3.8, 4) is 0 Å². The van der Waals surface area contributed by atoms with Crippen LogP contribution in [0.2, 0.25) is 0 Å². The van der Waals surface area contributed by atoms with E-state index in [0.717, 1.165) is 22.5 Å². The van der Waals surface area contributed by atoms with Gasteiger partial charge >= 0.3 is 0 Å².